The molecule has 1 heterocycles. The Balaban J connectivity index is 1.66. The van der Waals surface area contributed by atoms with E-state index in [1.54, 1.807) is 37.4 Å². The van der Waals surface area contributed by atoms with Crippen molar-refractivity contribution >= 4 is 23.0 Å². The number of amides is 1. The van der Waals surface area contributed by atoms with Crippen molar-refractivity contribution in [1.82, 2.24) is 10.4 Å². The Morgan fingerprint density at radius 3 is 2.74 bits per heavy atom. The molecule has 0 aliphatic carbocycles. The maximum atomic E-state index is 12.2. The van der Waals surface area contributed by atoms with Crippen LogP contribution in [0.1, 0.15) is 12.5 Å². The lowest BCUT2D eigenvalue weighted by Gasteiger charge is -2.14. The van der Waals surface area contributed by atoms with E-state index in [2.05, 4.69) is 15.5 Å². The molecule has 1 amide bonds. The van der Waals surface area contributed by atoms with Gasteiger partial charge in [-0.3, -0.25) is 9.78 Å². The SMILES string of the molecule is COc1cccc(C=NNC(=O)C(C)Oc2cccc3cccnc23)c1O. The second kappa shape index (κ2) is 8.18. The number of ether oxygens (including phenoxy) is 2. The molecule has 0 radical (unpaired) electrons. The number of nitrogens with one attached hydrogen (secondary N) is 1. The van der Waals surface area contributed by atoms with E-state index in [1.807, 2.05) is 24.3 Å². The molecule has 0 saturated carbocycles. The Morgan fingerprint density at radius 1 is 1.19 bits per heavy atom. The molecule has 138 valence electrons. The third-order valence-corrected chi connectivity index (χ3v) is 3.90. The Bertz CT molecular complexity index is 983. The van der Waals surface area contributed by atoms with Gasteiger partial charge < -0.3 is 14.6 Å². The van der Waals surface area contributed by atoms with Crippen LogP contribution in [0.15, 0.2) is 59.8 Å². The second-order valence-electron chi connectivity index (χ2n) is 5.72. The highest BCUT2D eigenvalue weighted by molar-refractivity contribution is 5.88. The van der Waals surface area contributed by atoms with Gasteiger partial charge in [-0.1, -0.05) is 24.3 Å². The monoisotopic (exact) mass is 365 g/mol. The van der Waals surface area contributed by atoms with Gasteiger partial charge in [-0.05, 0) is 31.2 Å². The molecule has 0 aliphatic heterocycles. The molecule has 0 aliphatic rings. The molecule has 1 unspecified atom stereocenters. The van der Waals surface area contributed by atoms with E-state index < -0.39 is 12.0 Å². The summed E-state index contributed by atoms with van der Waals surface area (Å²) in [6.07, 6.45) is 2.22. The number of aromatic hydroxyl groups is 1. The largest absolute Gasteiger partial charge is 0.504 e. The van der Waals surface area contributed by atoms with Crippen LogP contribution >= 0.6 is 0 Å². The van der Waals surface area contributed by atoms with Gasteiger partial charge >= 0.3 is 0 Å². The predicted molar refractivity (Wildman–Crippen MR) is 102 cm³/mol. The van der Waals surface area contributed by atoms with Crippen LogP contribution in [0.3, 0.4) is 0 Å². The quantitative estimate of drug-likeness (QED) is 0.518. The van der Waals surface area contributed by atoms with E-state index in [-0.39, 0.29) is 5.75 Å². The van der Waals surface area contributed by atoms with Gasteiger partial charge in [0.15, 0.2) is 17.6 Å². The van der Waals surface area contributed by atoms with Gasteiger partial charge in [0.25, 0.3) is 5.91 Å². The summed E-state index contributed by atoms with van der Waals surface area (Å²) in [6, 6.07) is 14.3. The van der Waals surface area contributed by atoms with E-state index >= 15 is 0 Å². The Hall–Kier alpha value is -3.61. The maximum Gasteiger partial charge on any atom is 0.280 e. The summed E-state index contributed by atoms with van der Waals surface area (Å²) in [7, 11) is 1.46. The number of benzene rings is 2. The molecule has 0 spiro atoms. The summed E-state index contributed by atoms with van der Waals surface area (Å²) in [6.45, 7) is 1.62. The van der Waals surface area contributed by atoms with E-state index in [0.29, 0.717) is 22.6 Å². The molecular formula is C20H19N3O4. The smallest absolute Gasteiger partial charge is 0.280 e. The molecule has 3 rings (SSSR count). The first-order chi connectivity index (χ1) is 13.1. The van der Waals surface area contributed by atoms with Gasteiger partial charge in [-0.15, -0.1) is 0 Å². The number of rotatable bonds is 6. The average Bonchev–Trinajstić information content (AvgIpc) is 2.69. The van der Waals surface area contributed by atoms with Crippen LogP contribution in [-0.4, -0.2) is 35.4 Å². The minimum absolute atomic E-state index is 0.0517. The van der Waals surface area contributed by atoms with Crippen LogP contribution < -0.4 is 14.9 Å². The number of methoxy groups -OCH3 is 1. The normalized spacial score (nSPS) is 12.1. The number of carbonyl (C=O) groups excluding carboxylic acids is 1. The van der Waals surface area contributed by atoms with Gasteiger partial charge in [-0.25, -0.2) is 5.43 Å². The van der Waals surface area contributed by atoms with Gasteiger partial charge in [0.2, 0.25) is 0 Å². The molecule has 1 aromatic heterocycles. The number of phenols is 1. The highest BCUT2D eigenvalue weighted by Crippen LogP contribution is 2.28. The second-order valence-corrected chi connectivity index (χ2v) is 5.72. The minimum Gasteiger partial charge on any atom is -0.504 e. The standard InChI is InChI=1S/C20H19N3O4/c1-13(27-16-9-3-6-14-8-5-11-21-18(14)16)20(25)23-22-12-15-7-4-10-17(26-2)19(15)24/h3-13,24H,1-2H3,(H,23,25). The summed E-state index contributed by atoms with van der Waals surface area (Å²) < 4.78 is 10.8. The molecule has 1 atom stereocenters. The Kier molecular flexibility index (Phi) is 5.51. The highest BCUT2D eigenvalue weighted by Gasteiger charge is 2.16. The lowest BCUT2D eigenvalue weighted by atomic mass is 10.2. The zero-order valence-corrected chi connectivity index (χ0v) is 14.9. The third kappa shape index (κ3) is 4.14. The first kappa shape index (κ1) is 18.2. The molecule has 0 fully saturated rings. The van der Waals surface area contributed by atoms with Gasteiger partial charge in [0, 0.05) is 17.1 Å². The van der Waals surface area contributed by atoms with Gasteiger partial charge in [0.05, 0.1) is 13.3 Å². The summed E-state index contributed by atoms with van der Waals surface area (Å²) in [5.74, 6) is 0.362. The van der Waals surface area contributed by atoms with Crippen LogP contribution in [0.25, 0.3) is 10.9 Å². The van der Waals surface area contributed by atoms with Gasteiger partial charge in [0.1, 0.15) is 11.3 Å². The van der Waals surface area contributed by atoms with Crippen LogP contribution in [0.2, 0.25) is 0 Å². The molecule has 27 heavy (non-hydrogen) atoms. The lowest BCUT2D eigenvalue weighted by Crippen LogP contribution is -2.33. The number of para-hydroxylation sites is 2. The molecule has 2 N–H and O–H groups in total. The highest BCUT2D eigenvalue weighted by atomic mass is 16.5. The fraction of sp³-hybridized carbons (Fsp3) is 0.150. The number of hydrogen-bond acceptors (Lipinski definition) is 6. The van der Waals surface area contributed by atoms with Crippen LogP contribution in [0.4, 0.5) is 0 Å². The summed E-state index contributed by atoms with van der Waals surface area (Å²) in [5.41, 5.74) is 3.50. The number of fused-ring (bicyclic) bond motifs is 1. The van der Waals surface area contributed by atoms with E-state index in [1.165, 1.54) is 13.3 Å². The number of pyridine rings is 1. The zero-order valence-electron chi connectivity index (χ0n) is 14.9. The summed E-state index contributed by atoms with van der Waals surface area (Å²) in [4.78, 5) is 16.5. The topological polar surface area (TPSA) is 93.0 Å². The lowest BCUT2D eigenvalue weighted by molar-refractivity contribution is -0.127. The van der Waals surface area contributed by atoms with Crippen molar-refractivity contribution in [2.75, 3.05) is 7.11 Å². The molecule has 7 heteroatoms. The number of carbonyl (C=O) groups is 1. The minimum atomic E-state index is -0.784. The fourth-order valence-corrected chi connectivity index (χ4v) is 2.48. The number of hydrazone groups is 1. The predicted octanol–water partition coefficient (Wildman–Crippen LogP) is 2.87. The molecular weight excluding hydrogens is 346 g/mol. The fourth-order valence-electron chi connectivity index (χ4n) is 2.48. The van der Waals surface area contributed by atoms with Crippen molar-refractivity contribution in [3.63, 3.8) is 0 Å². The van der Waals surface area contributed by atoms with Gasteiger partial charge in [-0.2, -0.15) is 5.10 Å². The summed E-state index contributed by atoms with van der Waals surface area (Å²) in [5, 5.41) is 14.8. The number of phenolic OH excluding ortho intramolecular Hbond substituents is 1. The summed E-state index contributed by atoms with van der Waals surface area (Å²) >= 11 is 0. The molecule has 2 aromatic carbocycles. The Labute approximate surface area is 156 Å². The third-order valence-electron chi connectivity index (χ3n) is 3.90. The van der Waals surface area contributed by atoms with E-state index in [9.17, 15) is 9.90 Å². The van der Waals surface area contributed by atoms with E-state index in [4.69, 9.17) is 9.47 Å². The van der Waals surface area contributed by atoms with Crippen molar-refractivity contribution in [2.45, 2.75) is 13.0 Å². The maximum absolute atomic E-state index is 12.2. The average molecular weight is 365 g/mol. The van der Waals surface area contributed by atoms with E-state index in [0.717, 1.165) is 5.39 Å². The van der Waals surface area contributed by atoms with Crippen LogP contribution in [0, 0.1) is 0 Å². The molecule has 3 aromatic rings. The van der Waals surface area contributed by atoms with Crippen molar-refractivity contribution in [3.05, 3.63) is 60.3 Å². The number of hydrogen-bond donors (Lipinski definition) is 2. The molecule has 0 saturated heterocycles. The van der Waals surface area contributed by atoms with Crippen molar-refractivity contribution in [2.24, 2.45) is 5.10 Å². The van der Waals surface area contributed by atoms with Crippen molar-refractivity contribution < 1.29 is 19.4 Å². The van der Waals surface area contributed by atoms with Crippen molar-refractivity contribution in [3.8, 4) is 17.2 Å². The Morgan fingerprint density at radius 2 is 1.93 bits per heavy atom. The molecule has 7 nitrogen and oxygen atoms in total. The number of nitrogens with zero attached hydrogens (tertiary/aromatic N) is 2. The zero-order chi connectivity index (χ0) is 19.2. The first-order valence-electron chi connectivity index (χ1n) is 8.29. The number of aromatic nitrogens is 1. The first-order valence-corrected chi connectivity index (χ1v) is 8.29. The molecule has 0 bridgehead atoms. The van der Waals surface area contributed by atoms with Crippen molar-refractivity contribution in [1.29, 1.82) is 0 Å². The van der Waals surface area contributed by atoms with Crippen LogP contribution in [0.5, 0.6) is 17.2 Å². The van der Waals surface area contributed by atoms with Crippen LogP contribution in [-0.2, 0) is 4.79 Å².